The van der Waals surface area contributed by atoms with Crippen molar-refractivity contribution in [2.75, 3.05) is 6.54 Å². The molecule has 21 heavy (non-hydrogen) atoms. The van der Waals surface area contributed by atoms with E-state index in [-0.39, 0.29) is 24.4 Å². The second-order valence-corrected chi connectivity index (χ2v) is 5.75. The molecule has 1 aromatic rings. The summed E-state index contributed by atoms with van der Waals surface area (Å²) in [6, 6.07) is -0.281. The van der Waals surface area contributed by atoms with Gasteiger partial charge in [0, 0.05) is 20.0 Å². The van der Waals surface area contributed by atoms with Crippen molar-refractivity contribution in [3.8, 4) is 0 Å². The van der Waals surface area contributed by atoms with Gasteiger partial charge in [-0.25, -0.2) is 9.78 Å². The largest absolute Gasteiger partial charge is 0.481 e. The van der Waals surface area contributed by atoms with Gasteiger partial charge in [0.1, 0.15) is 6.33 Å². The van der Waals surface area contributed by atoms with E-state index in [2.05, 4.69) is 20.7 Å². The first-order valence-corrected chi connectivity index (χ1v) is 6.86. The molecule has 0 aliphatic rings. The molecule has 0 fully saturated rings. The van der Waals surface area contributed by atoms with Gasteiger partial charge in [-0.05, 0) is 18.3 Å². The van der Waals surface area contributed by atoms with Gasteiger partial charge < -0.3 is 15.7 Å². The summed E-state index contributed by atoms with van der Waals surface area (Å²) in [6.07, 6.45) is 3.02. The molecule has 1 heterocycles. The van der Waals surface area contributed by atoms with Gasteiger partial charge in [0.15, 0.2) is 5.82 Å². The van der Waals surface area contributed by atoms with Crippen molar-refractivity contribution < 1.29 is 14.7 Å². The molecule has 0 atom stereocenters. The number of carbonyl (C=O) groups is 2. The summed E-state index contributed by atoms with van der Waals surface area (Å²) in [5, 5.41) is 18.1. The molecule has 2 amide bonds. The topological polar surface area (TPSA) is 109 Å². The van der Waals surface area contributed by atoms with Gasteiger partial charge in [0.25, 0.3) is 0 Å². The highest BCUT2D eigenvalue weighted by Gasteiger charge is 2.19. The third-order valence-corrected chi connectivity index (χ3v) is 3.16. The number of nitrogens with zero attached hydrogens (tertiary/aromatic N) is 3. The Labute approximate surface area is 123 Å². The van der Waals surface area contributed by atoms with Crippen molar-refractivity contribution in [3.05, 3.63) is 12.2 Å². The molecule has 1 rings (SSSR count). The summed E-state index contributed by atoms with van der Waals surface area (Å²) in [5.74, 6) is -0.244. The Balaban J connectivity index is 2.19. The number of carbonyl (C=O) groups excluding carboxylic acids is 1. The molecule has 8 heteroatoms. The Kier molecular flexibility index (Phi) is 6.13. The van der Waals surface area contributed by atoms with Gasteiger partial charge in [-0.1, -0.05) is 13.8 Å². The van der Waals surface area contributed by atoms with E-state index in [1.54, 1.807) is 18.1 Å². The fourth-order valence-electron chi connectivity index (χ4n) is 1.77. The lowest BCUT2D eigenvalue weighted by atomic mass is 9.84. The van der Waals surface area contributed by atoms with Gasteiger partial charge in [0.05, 0.1) is 6.54 Å². The fraction of sp³-hybridized carbons (Fsp3) is 0.692. The van der Waals surface area contributed by atoms with Crippen LogP contribution in [-0.4, -0.2) is 38.4 Å². The van der Waals surface area contributed by atoms with E-state index in [1.165, 1.54) is 0 Å². The number of rotatable bonds is 8. The van der Waals surface area contributed by atoms with Crippen molar-refractivity contribution in [2.45, 2.75) is 39.7 Å². The highest BCUT2D eigenvalue weighted by molar-refractivity contribution is 5.73. The molecule has 1 aromatic heterocycles. The van der Waals surface area contributed by atoms with Gasteiger partial charge in [-0.15, -0.1) is 0 Å². The number of carboxylic acids is 1. The standard InChI is InChI=1S/C13H23N5O3/c1-13(2,5-4-11(19)20)6-7-14-12(21)15-8-10-16-9-18(3)17-10/h9H,4-8H2,1-3H3,(H,19,20)(H2,14,15,21). The van der Waals surface area contributed by atoms with E-state index < -0.39 is 5.97 Å². The lowest BCUT2D eigenvalue weighted by Gasteiger charge is -2.23. The first-order chi connectivity index (χ1) is 9.78. The van der Waals surface area contributed by atoms with Gasteiger partial charge in [-0.2, -0.15) is 5.10 Å². The van der Waals surface area contributed by atoms with Crippen LogP contribution in [0.2, 0.25) is 0 Å². The first kappa shape index (κ1) is 16.9. The Morgan fingerprint density at radius 3 is 2.62 bits per heavy atom. The number of hydrogen-bond donors (Lipinski definition) is 3. The van der Waals surface area contributed by atoms with Crippen LogP contribution in [0.1, 0.15) is 38.9 Å². The Morgan fingerprint density at radius 1 is 1.33 bits per heavy atom. The molecule has 0 aromatic carbocycles. The maximum Gasteiger partial charge on any atom is 0.315 e. The van der Waals surface area contributed by atoms with Crippen LogP contribution in [0, 0.1) is 5.41 Å². The third kappa shape index (κ3) is 7.28. The van der Waals surface area contributed by atoms with E-state index in [0.717, 1.165) is 6.42 Å². The van der Waals surface area contributed by atoms with Crippen molar-refractivity contribution in [1.82, 2.24) is 25.4 Å². The summed E-state index contributed by atoms with van der Waals surface area (Å²) >= 11 is 0. The normalized spacial score (nSPS) is 11.2. The molecular weight excluding hydrogens is 274 g/mol. The highest BCUT2D eigenvalue weighted by atomic mass is 16.4. The van der Waals surface area contributed by atoms with Crippen molar-refractivity contribution in [3.63, 3.8) is 0 Å². The number of aryl methyl sites for hydroxylation is 1. The summed E-state index contributed by atoms with van der Waals surface area (Å²) in [4.78, 5) is 26.2. The van der Waals surface area contributed by atoms with E-state index in [1.807, 2.05) is 13.8 Å². The zero-order valence-electron chi connectivity index (χ0n) is 12.7. The van der Waals surface area contributed by atoms with Crippen molar-refractivity contribution >= 4 is 12.0 Å². The predicted octanol–water partition coefficient (Wildman–Crippen LogP) is 0.895. The summed E-state index contributed by atoms with van der Waals surface area (Å²) in [7, 11) is 1.76. The van der Waals surface area contributed by atoms with Crippen LogP contribution in [0.25, 0.3) is 0 Å². The maximum absolute atomic E-state index is 11.6. The minimum atomic E-state index is -0.795. The molecule has 0 aliphatic carbocycles. The number of aromatic nitrogens is 3. The van der Waals surface area contributed by atoms with Crippen LogP contribution in [-0.2, 0) is 18.4 Å². The zero-order valence-corrected chi connectivity index (χ0v) is 12.7. The first-order valence-electron chi connectivity index (χ1n) is 6.86. The number of urea groups is 1. The van der Waals surface area contributed by atoms with E-state index in [0.29, 0.717) is 18.8 Å². The molecule has 0 saturated carbocycles. The summed E-state index contributed by atoms with van der Waals surface area (Å²) < 4.78 is 1.57. The Bertz CT molecular complexity index is 484. The second-order valence-electron chi connectivity index (χ2n) is 5.75. The lowest BCUT2D eigenvalue weighted by molar-refractivity contribution is -0.137. The number of hydrogen-bond acceptors (Lipinski definition) is 4. The molecule has 118 valence electrons. The van der Waals surface area contributed by atoms with E-state index >= 15 is 0 Å². The average molecular weight is 297 g/mol. The SMILES string of the molecule is Cn1cnc(CNC(=O)NCCC(C)(C)CCC(=O)O)n1. The monoisotopic (exact) mass is 297 g/mol. The molecular formula is C13H23N5O3. The van der Waals surface area contributed by atoms with Crippen molar-refractivity contribution in [2.24, 2.45) is 12.5 Å². The second kappa shape index (κ2) is 7.61. The lowest BCUT2D eigenvalue weighted by Crippen LogP contribution is -2.37. The van der Waals surface area contributed by atoms with Crippen LogP contribution in [0.3, 0.4) is 0 Å². The molecule has 0 aliphatic heterocycles. The molecule has 8 nitrogen and oxygen atoms in total. The number of amides is 2. The predicted molar refractivity (Wildman–Crippen MR) is 76.5 cm³/mol. The minimum absolute atomic E-state index is 0.117. The maximum atomic E-state index is 11.6. The fourth-order valence-corrected chi connectivity index (χ4v) is 1.77. The van der Waals surface area contributed by atoms with Gasteiger partial charge in [-0.3, -0.25) is 9.48 Å². The van der Waals surface area contributed by atoms with Crippen LogP contribution in [0.15, 0.2) is 6.33 Å². The number of nitrogens with one attached hydrogen (secondary N) is 2. The van der Waals surface area contributed by atoms with Crippen LogP contribution < -0.4 is 10.6 Å². The van der Waals surface area contributed by atoms with Gasteiger partial charge in [0.2, 0.25) is 0 Å². The van der Waals surface area contributed by atoms with Crippen LogP contribution in [0.5, 0.6) is 0 Å². The van der Waals surface area contributed by atoms with E-state index in [9.17, 15) is 9.59 Å². The Hall–Kier alpha value is -2.12. The third-order valence-electron chi connectivity index (χ3n) is 3.16. The smallest absolute Gasteiger partial charge is 0.315 e. The molecule has 0 saturated heterocycles. The number of aliphatic carboxylic acids is 1. The zero-order chi connectivity index (χ0) is 15.9. The quantitative estimate of drug-likeness (QED) is 0.660. The molecule has 0 unspecified atom stereocenters. The summed E-state index contributed by atoms with van der Waals surface area (Å²) in [5.41, 5.74) is -0.117. The van der Waals surface area contributed by atoms with E-state index in [4.69, 9.17) is 5.11 Å². The molecule has 0 spiro atoms. The van der Waals surface area contributed by atoms with Gasteiger partial charge >= 0.3 is 12.0 Å². The number of carboxylic acid groups (broad SMARTS) is 1. The highest BCUT2D eigenvalue weighted by Crippen LogP contribution is 2.25. The minimum Gasteiger partial charge on any atom is -0.481 e. The molecule has 0 bridgehead atoms. The molecule has 3 N–H and O–H groups in total. The van der Waals surface area contributed by atoms with Crippen LogP contribution >= 0.6 is 0 Å². The van der Waals surface area contributed by atoms with Crippen LogP contribution in [0.4, 0.5) is 4.79 Å². The molecule has 0 radical (unpaired) electrons. The average Bonchev–Trinajstić information content (AvgIpc) is 2.80. The summed E-state index contributed by atoms with van der Waals surface area (Å²) in [6.45, 7) is 4.75. The Morgan fingerprint density at radius 2 is 2.05 bits per heavy atom. The van der Waals surface area contributed by atoms with Crippen molar-refractivity contribution in [1.29, 1.82) is 0 Å².